The molecule has 0 radical (unpaired) electrons. The molecular weight excluding hydrogens is 258 g/mol. The summed E-state index contributed by atoms with van der Waals surface area (Å²) in [5.74, 6) is 0.914. The van der Waals surface area contributed by atoms with Crippen molar-refractivity contribution < 1.29 is 4.74 Å². The van der Waals surface area contributed by atoms with E-state index in [0.29, 0.717) is 6.61 Å². The molecule has 0 aromatic carbocycles. The number of rotatable bonds is 6. The third-order valence-electron chi connectivity index (χ3n) is 4.24. The van der Waals surface area contributed by atoms with Crippen molar-refractivity contribution in [3.8, 4) is 0 Å². The van der Waals surface area contributed by atoms with Gasteiger partial charge in [-0.1, -0.05) is 6.92 Å². The van der Waals surface area contributed by atoms with Crippen LogP contribution in [0.15, 0.2) is 0 Å². The van der Waals surface area contributed by atoms with Crippen LogP contribution in [0.5, 0.6) is 0 Å². The van der Waals surface area contributed by atoms with Crippen molar-refractivity contribution in [3.63, 3.8) is 0 Å². The van der Waals surface area contributed by atoms with Gasteiger partial charge < -0.3 is 15.0 Å². The van der Waals surface area contributed by atoms with Crippen LogP contribution in [-0.2, 0) is 17.9 Å². The lowest BCUT2D eigenvalue weighted by Gasteiger charge is -2.26. The van der Waals surface area contributed by atoms with Crippen molar-refractivity contribution in [1.29, 1.82) is 0 Å². The Morgan fingerprint density at radius 2 is 2.37 bits per heavy atom. The zero-order chi connectivity index (χ0) is 13.2. The van der Waals surface area contributed by atoms with Crippen LogP contribution in [0.25, 0.3) is 0 Å². The van der Waals surface area contributed by atoms with Crippen LogP contribution in [0, 0.1) is 5.92 Å². The zero-order valence-corrected chi connectivity index (χ0v) is 12.6. The number of piperidine rings is 1. The van der Waals surface area contributed by atoms with Gasteiger partial charge in [0.1, 0.15) is 0 Å². The molecule has 1 N–H and O–H groups in total. The average molecular weight is 281 g/mol. The van der Waals surface area contributed by atoms with Crippen LogP contribution >= 0.6 is 11.3 Å². The fraction of sp³-hybridized carbons (Fsp3) is 0.786. The molecule has 2 unspecified atom stereocenters. The van der Waals surface area contributed by atoms with E-state index in [1.165, 1.54) is 35.8 Å². The van der Waals surface area contributed by atoms with Gasteiger partial charge in [-0.05, 0) is 31.7 Å². The van der Waals surface area contributed by atoms with E-state index in [0.717, 1.165) is 30.7 Å². The van der Waals surface area contributed by atoms with Crippen LogP contribution in [0.4, 0.5) is 5.13 Å². The number of hydrogen-bond acceptors (Lipinski definition) is 5. The quantitative estimate of drug-likeness (QED) is 0.869. The molecule has 106 valence electrons. The monoisotopic (exact) mass is 281 g/mol. The Balaban J connectivity index is 1.77. The van der Waals surface area contributed by atoms with Crippen LogP contribution < -0.4 is 10.2 Å². The van der Waals surface area contributed by atoms with Crippen molar-refractivity contribution in [1.82, 2.24) is 10.3 Å². The first-order chi connectivity index (χ1) is 9.31. The summed E-state index contributed by atoms with van der Waals surface area (Å²) in [5.41, 5.74) is 1.12. The van der Waals surface area contributed by atoms with E-state index in [2.05, 4.69) is 17.1 Å². The second kappa shape index (κ2) is 5.77. The molecule has 2 atom stereocenters. The summed E-state index contributed by atoms with van der Waals surface area (Å²) in [5, 5.41) is 4.61. The number of nitrogens with zero attached hydrogens (tertiary/aromatic N) is 2. The minimum absolute atomic E-state index is 0.624. The summed E-state index contributed by atoms with van der Waals surface area (Å²) in [6.07, 6.45) is 4.15. The molecule has 5 heteroatoms. The van der Waals surface area contributed by atoms with Crippen molar-refractivity contribution >= 4 is 16.5 Å². The van der Waals surface area contributed by atoms with Crippen LogP contribution in [0.3, 0.4) is 0 Å². The Hall–Kier alpha value is -0.650. The number of methoxy groups -OCH3 is 1. The maximum Gasteiger partial charge on any atom is 0.186 e. The van der Waals surface area contributed by atoms with E-state index in [9.17, 15) is 0 Å². The SMILES string of the molecule is CCNCc1sc(N2CC3CCC2C3)nc1COC. The number of anilines is 1. The lowest BCUT2D eigenvalue weighted by Crippen LogP contribution is -2.31. The molecule has 0 spiro atoms. The molecule has 1 aromatic rings. The Morgan fingerprint density at radius 1 is 1.47 bits per heavy atom. The smallest absolute Gasteiger partial charge is 0.186 e. The van der Waals surface area contributed by atoms with Gasteiger partial charge in [0.05, 0.1) is 12.3 Å². The van der Waals surface area contributed by atoms with Gasteiger partial charge in [-0.3, -0.25) is 0 Å². The molecule has 1 aromatic heterocycles. The molecule has 2 fully saturated rings. The maximum atomic E-state index is 5.28. The molecule has 2 heterocycles. The minimum atomic E-state index is 0.624. The number of thiazole rings is 1. The largest absolute Gasteiger partial charge is 0.378 e. The normalized spacial score (nSPS) is 25.5. The third-order valence-corrected chi connectivity index (χ3v) is 5.37. The summed E-state index contributed by atoms with van der Waals surface area (Å²) in [6.45, 7) is 5.88. The van der Waals surface area contributed by atoms with E-state index in [4.69, 9.17) is 9.72 Å². The van der Waals surface area contributed by atoms with E-state index < -0.39 is 0 Å². The summed E-state index contributed by atoms with van der Waals surface area (Å²) in [4.78, 5) is 8.70. The summed E-state index contributed by atoms with van der Waals surface area (Å²) >= 11 is 1.85. The van der Waals surface area contributed by atoms with Crippen molar-refractivity contribution in [3.05, 3.63) is 10.6 Å². The molecule has 0 amide bonds. The molecule has 3 rings (SSSR count). The number of fused-ring (bicyclic) bond motifs is 2. The van der Waals surface area contributed by atoms with Crippen LogP contribution in [-0.4, -0.2) is 31.2 Å². The van der Waals surface area contributed by atoms with Crippen LogP contribution in [0.2, 0.25) is 0 Å². The molecule has 1 aliphatic heterocycles. The van der Waals surface area contributed by atoms with Crippen molar-refractivity contribution in [2.45, 2.75) is 45.4 Å². The molecule has 1 aliphatic carbocycles. The number of nitrogens with one attached hydrogen (secondary N) is 1. The van der Waals surface area contributed by atoms with E-state index in [1.807, 2.05) is 11.3 Å². The number of aromatic nitrogens is 1. The molecule has 2 bridgehead atoms. The van der Waals surface area contributed by atoms with Gasteiger partial charge in [0, 0.05) is 31.1 Å². The highest BCUT2D eigenvalue weighted by atomic mass is 32.1. The molecule has 1 saturated heterocycles. The van der Waals surface area contributed by atoms with Gasteiger partial charge in [-0.15, -0.1) is 11.3 Å². The Bertz CT molecular complexity index is 434. The topological polar surface area (TPSA) is 37.4 Å². The highest BCUT2D eigenvalue weighted by Crippen LogP contribution is 2.42. The first kappa shape index (κ1) is 13.3. The van der Waals surface area contributed by atoms with Gasteiger partial charge >= 0.3 is 0 Å². The molecule has 1 saturated carbocycles. The van der Waals surface area contributed by atoms with Gasteiger partial charge in [0.2, 0.25) is 0 Å². The first-order valence-corrected chi connectivity index (χ1v) is 8.08. The highest BCUT2D eigenvalue weighted by molar-refractivity contribution is 7.15. The third kappa shape index (κ3) is 2.64. The summed E-state index contributed by atoms with van der Waals surface area (Å²) < 4.78 is 5.28. The maximum absolute atomic E-state index is 5.28. The predicted octanol–water partition coefficient (Wildman–Crippen LogP) is 2.39. The lowest BCUT2D eigenvalue weighted by molar-refractivity contribution is 0.181. The lowest BCUT2D eigenvalue weighted by atomic mass is 10.1. The van der Waals surface area contributed by atoms with Crippen molar-refractivity contribution in [2.24, 2.45) is 5.92 Å². The Kier molecular flexibility index (Phi) is 4.05. The number of hydrogen-bond donors (Lipinski definition) is 1. The van der Waals surface area contributed by atoms with Crippen LogP contribution in [0.1, 0.15) is 36.8 Å². The Morgan fingerprint density at radius 3 is 3.00 bits per heavy atom. The standard InChI is InChI=1S/C14H23N3OS/c1-3-15-7-13-12(9-18-2)16-14(19-13)17-8-10-4-5-11(17)6-10/h10-11,15H,3-9H2,1-2H3. The molecule has 19 heavy (non-hydrogen) atoms. The molecule has 2 aliphatic rings. The Labute approximate surface area is 119 Å². The van der Waals surface area contributed by atoms with Gasteiger partial charge in [0.15, 0.2) is 5.13 Å². The predicted molar refractivity (Wildman–Crippen MR) is 78.7 cm³/mol. The second-order valence-electron chi connectivity index (χ2n) is 5.56. The van der Waals surface area contributed by atoms with E-state index in [1.54, 1.807) is 7.11 Å². The summed E-state index contributed by atoms with van der Waals surface area (Å²) in [7, 11) is 1.74. The fourth-order valence-electron chi connectivity index (χ4n) is 3.28. The van der Waals surface area contributed by atoms with Gasteiger partial charge in [-0.25, -0.2) is 4.98 Å². The van der Waals surface area contributed by atoms with Gasteiger partial charge in [-0.2, -0.15) is 0 Å². The van der Waals surface area contributed by atoms with Crippen molar-refractivity contribution in [2.75, 3.05) is 25.1 Å². The minimum Gasteiger partial charge on any atom is -0.378 e. The van der Waals surface area contributed by atoms with E-state index >= 15 is 0 Å². The van der Waals surface area contributed by atoms with E-state index in [-0.39, 0.29) is 0 Å². The second-order valence-corrected chi connectivity index (χ2v) is 6.63. The summed E-state index contributed by atoms with van der Waals surface area (Å²) in [6, 6.07) is 0.749. The molecule has 4 nitrogen and oxygen atoms in total. The average Bonchev–Trinajstić information content (AvgIpc) is 3.11. The first-order valence-electron chi connectivity index (χ1n) is 7.26. The van der Waals surface area contributed by atoms with Gasteiger partial charge in [0.25, 0.3) is 0 Å². The zero-order valence-electron chi connectivity index (χ0n) is 11.8. The fourth-order valence-corrected chi connectivity index (χ4v) is 4.39. The number of ether oxygens (including phenoxy) is 1. The molecular formula is C14H23N3OS. The highest BCUT2D eigenvalue weighted by Gasteiger charge is 2.39.